The van der Waals surface area contributed by atoms with E-state index in [0.29, 0.717) is 16.9 Å². The van der Waals surface area contributed by atoms with Gasteiger partial charge in [-0.2, -0.15) is 0 Å². The molecule has 1 aliphatic heterocycles. The maximum Gasteiger partial charge on any atom is 0.312 e. The Hall–Kier alpha value is -4.98. The number of esters is 1. The van der Waals surface area contributed by atoms with Crippen molar-refractivity contribution < 1.29 is 34.0 Å². The van der Waals surface area contributed by atoms with Crippen LogP contribution >= 0.6 is 0 Å². The van der Waals surface area contributed by atoms with Gasteiger partial charge in [0.05, 0.1) is 13.5 Å². The van der Waals surface area contributed by atoms with Crippen LogP contribution in [0.2, 0.25) is 0 Å². The number of carbonyl (C=O) groups is 1. The number of carbonyl (C=O) groups excluding carboxylic acids is 1. The van der Waals surface area contributed by atoms with E-state index in [-0.39, 0.29) is 46.1 Å². The molecule has 0 aliphatic carbocycles. The number of aromatic hydroxyl groups is 3. The number of rotatable bonds is 3. The van der Waals surface area contributed by atoms with Crippen molar-refractivity contribution in [1.29, 1.82) is 0 Å². The summed E-state index contributed by atoms with van der Waals surface area (Å²) in [5.41, 5.74) is 1.15. The van der Waals surface area contributed by atoms with Crippen LogP contribution in [0, 0.1) is 0 Å². The molecule has 0 fully saturated rings. The minimum absolute atomic E-state index is 0.0167. The molecule has 0 unspecified atom stereocenters. The van der Waals surface area contributed by atoms with Crippen molar-refractivity contribution >= 4 is 27.7 Å². The quantitative estimate of drug-likeness (QED) is 0.177. The molecular formula is C29H20O8. The summed E-state index contributed by atoms with van der Waals surface area (Å²) >= 11 is 0. The molecule has 1 atom stereocenters. The van der Waals surface area contributed by atoms with Gasteiger partial charge in [0.2, 0.25) is 0 Å². The van der Waals surface area contributed by atoms with E-state index in [1.165, 1.54) is 30.3 Å². The van der Waals surface area contributed by atoms with E-state index in [1.807, 2.05) is 36.4 Å². The smallest absolute Gasteiger partial charge is 0.312 e. The van der Waals surface area contributed by atoms with Gasteiger partial charge in [-0.05, 0) is 35.2 Å². The minimum atomic E-state index is -0.554. The van der Waals surface area contributed by atoms with Crippen molar-refractivity contribution in [3.05, 3.63) is 88.1 Å². The largest absolute Gasteiger partial charge is 0.507 e. The molecule has 3 N–H and O–H groups in total. The number of hydrogen-bond acceptors (Lipinski definition) is 8. The first kappa shape index (κ1) is 22.5. The Morgan fingerprint density at radius 3 is 2.41 bits per heavy atom. The summed E-state index contributed by atoms with van der Waals surface area (Å²) in [7, 11) is 1.59. The lowest BCUT2D eigenvalue weighted by Gasteiger charge is -2.27. The second-order valence-electron chi connectivity index (χ2n) is 8.82. The molecule has 1 aliphatic rings. The molecule has 6 rings (SSSR count). The first-order valence-electron chi connectivity index (χ1n) is 11.5. The SMILES string of the molecule is COc1ccc([C@H]2CC(=O)Oc3cc(O)c4c(=O)cc(-c5ccc(O)c(O)c5)oc4c32)c2ccccc12. The summed E-state index contributed by atoms with van der Waals surface area (Å²) in [4.78, 5) is 25.8. The molecule has 0 saturated heterocycles. The van der Waals surface area contributed by atoms with Crippen molar-refractivity contribution in [3.8, 4) is 40.1 Å². The van der Waals surface area contributed by atoms with Crippen molar-refractivity contribution in [2.45, 2.75) is 12.3 Å². The monoisotopic (exact) mass is 496 g/mol. The highest BCUT2D eigenvalue weighted by Gasteiger charge is 2.34. The molecule has 5 aromatic rings. The zero-order valence-corrected chi connectivity index (χ0v) is 19.5. The van der Waals surface area contributed by atoms with E-state index in [9.17, 15) is 24.9 Å². The van der Waals surface area contributed by atoms with Gasteiger partial charge in [-0.3, -0.25) is 9.59 Å². The van der Waals surface area contributed by atoms with Crippen LogP contribution in [0.4, 0.5) is 0 Å². The molecule has 8 nitrogen and oxygen atoms in total. The highest BCUT2D eigenvalue weighted by molar-refractivity contribution is 5.96. The first-order valence-corrected chi connectivity index (χ1v) is 11.5. The Kier molecular flexibility index (Phi) is 5.05. The van der Waals surface area contributed by atoms with Crippen molar-refractivity contribution in [1.82, 2.24) is 0 Å². The van der Waals surface area contributed by atoms with Crippen LogP contribution in [-0.4, -0.2) is 28.4 Å². The van der Waals surface area contributed by atoms with Gasteiger partial charge in [0.15, 0.2) is 16.9 Å². The van der Waals surface area contributed by atoms with E-state index in [0.717, 1.165) is 16.3 Å². The topological polar surface area (TPSA) is 126 Å². The van der Waals surface area contributed by atoms with Crippen LogP contribution in [0.15, 0.2) is 75.9 Å². The number of fused-ring (bicyclic) bond motifs is 4. The minimum Gasteiger partial charge on any atom is -0.507 e. The summed E-state index contributed by atoms with van der Waals surface area (Å²) < 4.78 is 17.2. The van der Waals surface area contributed by atoms with E-state index < -0.39 is 17.3 Å². The first-order chi connectivity index (χ1) is 17.9. The summed E-state index contributed by atoms with van der Waals surface area (Å²) in [6.45, 7) is 0. The summed E-state index contributed by atoms with van der Waals surface area (Å²) in [6, 6.07) is 17.8. The summed E-state index contributed by atoms with van der Waals surface area (Å²) in [5, 5.41) is 32.0. The number of phenols is 3. The van der Waals surface area contributed by atoms with E-state index in [4.69, 9.17) is 13.9 Å². The molecule has 1 aromatic heterocycles. The average molecular weight is 496 g/mol. The third-order valence-electron chi connectivity index (χ3n) is 6.70. The molecule has 4 aromatic carbocycles. The fourth-order valence-electron chi connectivity index (χ4n) is 5.02. The van der Waals surface area contributed by atoms with Gasteiger partial charge in [-0.15, -0.1) is 0 Å². The fraction of sp³-hybridized carbons (Fsp3) is 0.103. The Bertz CT molecular complexity index is 1800. The maximum atomic E-state index is 13.2. The van der Waals surface area contributed by atoms with Crippen LogP contribution in [0.25, 0.3) is 33.1 Å². The van der Waals surface area contributed by atoms with Crippen molar-refractivity contribution in [2.75, 3.05) is 7.11 Å². The molecule has 0 saturated carbocycles. The average Bonchev–Trinajstić information content (AvgIpc) is 2.88. The molecule has 0 spiro atoms. The van der Waals surface area contributed by atoms with Gasteiger partial charge in [0, 0.05) is 34.6 Å². The predicted octanol–water partition coefficient (Wildman–Crippen LogP) is 5.18. The number of benzene rings is 4. The number of ether oxygens (including phenoxy) is 2. The zero-order chi connectivity index (χ0) is 25.8. The second-order valence-corrected chi connectivity index (χ2v) is 8.82. The zero-order valence-electron chi connectivity index (χ0n) is 19.5. The lowest BCUT2D eigenvalue weighted by molar-refractivity contribution is -0.135. The van der Waals surface area contributed by atoms with Crippen LogP contribution in [0.3, 0.4) is 0 Å². The third kappa shape index (κ3) is 3.53. The highest BCUT2D eigenvalue weighted by Crippen LogP contribution is 2.48. The van der Waals surface area contributed by atoms with Gasteiger partial charge in [-0.25, -0.2) is 0 Å². The molecule has 0 bridgehead atoms. The molecule has 2 heterocycles. The third-order valence-corrected chi connectivity index (χ3v) is 6.70. The molecule has 0 radical (unpaired) electrons. The maximum absolute atomic E-state index is 13.2. The Morgan fingerprint density at radius 1 is 0.865 bits per heavy atom. The van der Waals surface area contributed by atoms with Gasteiger partial charge in [0.1, 0.15) is 34.0 Å². The normalized spacial score (nSPS) is 14.9. The highest BCUT2D eigenvalue weighted by atomic mass is 16.5. The van der Waals surface area contributed by atoms with Crippen LogP contribution < -0.4 is 14.9 Å². The van der Waals surface area contributed by atoms with Crippen molar-refractivity contribution in [2.24, 2.45) is 0 Å². The van der Waals surface area contributed by atoms with Crippen molar-refractivity contribution in [3.63, 3.8) is 0 Å². The van der Waals surface area contributed by atoms with Crippen LogP contribution in [0.1, 0.15) is 23.5 Å². The van der Waals surface area contributed by atoms with Gasteiger partial charge >= 0.3 is 5.97 Å². The lowest BCUT2D eigenvalue weighted by Crippen LogP contribution is -2.22. The Balaban J connectivity index is 1.67. The Labute approximate surface area is 209 Å². The van der Waals surface area contributed by atoms with E-state index in [2.05, 4.69) is 0 Å². The Morgan fingerprint density at radius 2 is 1.65 bits per heavy atom. The summed E-state index contributed by atoms with van der Waals surface area (Å²) in [6.07, 6.45) is -0.0167. The molecular weight excluding hydrogens is 476 g/mol. The van der Waals surface area contributed by atoms with E-state index >= 15 is 0 Å². The van der Waals surface area contributed by atoms with E-state index in [1.54, 1.807) is 7.11 Å². The lowest BCUT2D eigenvalue weighted by atomic mass is 9.82. The second kappa shape index (κ2) is 8.30. The van der Waals surface area contributed by atoms with Crippen LogP contribution in [0.5, 0.6) is 28.7 Å². The predicted molar refractivity (Wildman–Crippen MR) is 136 cm³/mol. The van der Waals surface area contributed by atoms with Gasteiger partial charge < -0.3 is 29.2 Å². The summed E-state index contributed by atoms with van der Waals surface area (Å²) in [5.74, 6) is -1.24. The number of methoxy groups -OCH3 is 1. The standard InChI is InChI=1S/C29H20O8/c1-35-23-9-7-16(15-4-2-3-5-17(15)23)18-11-26(34)36-25-13-22(33)28-21(32)12-24(37-29(28)27(18)25)14-6-8-19(30)20(31)10-14/h2-10,12-13,18,30-31,33H,11H2,1H3/t18-/m1/s1. The molecule has 37 heavy (non-hydrogen) atoms. The molecule has 184 valence electrons. The van der Waals surface area contributed by atoms with Gasteiger partial charge in [0.25, 0.3) is 0 Å². The fourth-order valence-corrected chi connectivity index (χ4v) is 5.02. The number of hydrogen-bond donors (Lipinski definition) is 3. The molecule has 0 amide bonds. The number of phenolic OH excluding ortho intramolecular Hbond substituents is 3. The molecule has 8 heteroatoms. The van der Waals surface area contributed by atoms with Gasteiger partial charge in [-0.1, -0.05) is 30.3 Å². The van der Waals surface area contributed by atoms with Crippen LogP contribution in [-0.2, 0) is 4.79 Å².